The highest BCUT2D eigenvalue weighted by Crippen LogP contribution is 2.27. The maximum absolute atomic E-state index is 12.1. The minimum absolute atomic E-state index is 0.115. The van der Waals surface area contributed by atoms with E-state index in [0.29, 0.717) is 30.2 Å². The van der Waals surface area contributed by atoms with E-state index in [9.17, 15) is 4.79 Å². The third-order valence-corrected chi connectivity index (χ3v) is 4.96. The van der Waals surface area contributed by atoms with E-state index in [1.54, 1.807) is 0 Å². The Bertz CT molecular complexity index is 850. The van der Waals surface area contributed by atoms with Crippen molar-refractivity contribution in [3.8, 4) is 5.75 Å². The van der Waals surface area contributed by atoms with Crippen molar-refractivity contribution >= 4 is 40.5 Å². The number of halogens is 1. The Morgan fingerprint density at radius 2 is 1.79 bits per heavy atom. The van der Waals surface area contributed by atoms with E-state index in [0.717, 1.165) is 16.9 Å². The fourth-order valence-electron chi connectivity index (χ4n) is 2.88. The second-order valence-electron chi connectivity index (χ2n) is 8.17. The van der Waals surface area contributed by atoms with Crippen molar-refractivity contribution in [3.63, 3.8) is 0 Å². The Hall–Kier alpha value is -2.11. The predicted octanol–water partition coefficient (Wildman–Crippen LogP) is 5.93. The maximum atomic E-state index is 12.1. The summed E-state index contributed by atoms with van der Waals surface area (Å²) in [5, 5.41) is 6.51. The minimum atomic E-state index is -0.157. The van der Waals surface area contributed by atoms with Crippen LogP contribution in [0.25, 0.3) is 0 Å². The lowest BCUT2D eigenvalue weighted by atomic mass is 9.87. The highest BCUT2D eigenvalue weighted by atomic mass is 35.5. The molecule has 0 unspecified atom stereocenters. The third-order valence-electron chi connectivity index (χ3n) is 4.46. The van der Waals surface area contributed by atoms with E-state index in [1.807, 2.05) is 38.1 Å². The molecule has 0 aliphatic heterocycles. The van der Waals surface area contributed by atoms with Crippen molar-refractivity contribution in [1.29, 1.82) is 0 Å². The van der Waals surface area contributed by atoms with Gasteiger partial charge in [0, 0.05) is 6.42 Å². The first kappa shape index (κ1) is 23.2. The zero-order chi connectivity index (χ0) is 21.6. The smallest absolute Gasteiger partial charge is 0.226 e. The van der Waals surface area contributed by atoms with Crippen LogP contribution in [0.3, 0.4) is 0 Å². The van der Waals surface area contributed by atoms with E-state index >= 15 is 0 Å². The number of ether oxygens (including phenoxy) is 1. The van der Waals surface area contributed by atoms with Gasteiger partial charge in [-0.1, -0.05) is 50.6 Å². The molecule has 0 bridgehead atoms. The maximum Gasteiger partial charge on any atom is 0.226 e. The number of carbonyl (C=O) groups is 1. The van der Waals surface area contributed by atoms with Crippen LogP contribution in [0, 0.1) is 13.8 Å². The summed E-state index contributed by atoms with van der Waals surface area (Å²) >= 11 is 11.5. The number of thiocarbonyl (C=S) groups is 1. The number of anilines is 1. The number of benzene rings is 2. The second kappa shape index (κ2) is 10.1. The normalized spacial score (nSPS) is 11.1. The average Bonchev–Trinajstić information content (AvgIpc) is 2.61. The van der Waals surface area contributed by atoms with Gasteiger partial charge in [-0.2, -0.15) is 0 Å². The van der Waals surface area contributed by atoms with E-state index < -0.39 is 0 Å². The molecule has 2 rings (SSSR count). The molecule has 2 aromatic carbocycles. The summed E-state index contributed by atoms with van der Waals surface area (Å²) in [5.74, 6) is 0.648. The highest BCUT2D eigenvalue weighted by molar-refractivity contribution is 7.80. The van der Waals surface area contributed by atoms with Crippen molar-refractivity contribution in [1.82, 2.24) is 5.32 Å². The topological polar surface area (TPSA) is 50.4 Å². The number of rotatable bonds is 6. The number of hydrogen-bond acceptors (Lipinski definition) is 3. The molecule has 6 heteroatoms. The molecular formula is C23H29ClN2O2S. The SMILES string of the molecule is Cc1cc(C)c(NC(=S)NC(=O)CCCOc2ccc(C(C)(C)C)cc2)c(Cl)c1. The molecule has 156 valence electrons. The van der Waals surface area contributed by atoms with Crippen molar-refractivity contribution in [3.05, 3.63) is 58.1 Å². The van der Waals surface area contributed by atoms with Gasteiger partial charge in [-0.25, -0.2) is 0 Å². The summed E-state index contributed by atoms with van der Waals surface area (Å²) in [6.07, 6.45) is 0.919. The van der Waals surface area contributed by atoms with Crippen LogP contribution in [0.15, 0.2) is 36.4 Å². The molecule has 0 radical (unpaired) electrons. The van der Waals surface area contributed by atoms with Crippen LogP contribution in [0.2, 0.25) is 5.02 Å². The average molecular weight is 433 g/mol. The second-order valence-corrected chi connectivity index (χ2v) is 8.98. The van der Waals surface area contributed by atoms with Crippen LogP contribution < -0.4 is 15.4 Å². The number of carbonyl (C=O) groups excluding carboxylic acids is 1. The molecule has 0 aromatic heterocycles. The molecule has 2 aromatic rings. The Morgan fingerprint density at radius 1 is 1.14 bits per heavy atom. The molecule has 0 saturated carbocycles. The molecule has 0 aliphatic rings. The largest absolute Gasteiger partial charge is 0.494 e. The van der Waals surface area contributed by atoms with Gasteiger partial charge in [0.25, 0.3) is 0 Å². The van der Waals surface area contributed by atoms with E-state index in [2.05, 4.69) is 43.5 Å². The summed E-state index contributed by atoms with van der Waals surface area (Å²) in [5.41, 5.74) is 4.13. The van der Waals surface area contributed by atoms with Gasteiger partial charge in [0.1, 0.15) is 5.75 Å². The zero-order valence-electron chi connectivity index (χ0n) is 17.7. The first-order valence-corrected chi connectivity index (χ1v) is 10.5. The summed E-state index contributed by atoms with van der Waals surface area (Å²) in [6.45, 7) is 10.9. The van der Waals surface area contributed by atoms with Gasteiger partial charge in [0.15, 0.2) is 5.11 Å². The molecule has 0 spiro atoms. The Balaban J connectivity index is 1.74. The van der Waals surface area contributed by atoms with Gasteiger partial charge in [0.2, 0.25) is 5.91 Å². The fourth-order valence-corrected chi connectivity index (χ4v) is 3.47. The summed E-state index contributed by atoms with van der Waals surface area (Å²) < 4.78 is 5.72. The predicted molar refractivity (Wildman–Crippen MR) is 125 cm³/mol. The number of hydrogen-bond donors (Lipinski definition) is 2. The monoisotopic (exact) mass is 432 g/mol. The first-order chi connectivity index (χ1) is 13.6. The zero-order valence-corrected chi connectivity index (χ0v) is 19.3. The lowest BCUT2D eigenvalue weighted by Crippen LogP contribution is -2.34. The Morgan fingerprint density at radius 3 is 2.38 bits per heavy atom. The molecular weight excluding hydrogens is 404 g/mol. The van der Waals surface area contributed by atoms with Crippen LogP contribution in [0.4, 0.5) is 5.69 Å². The van der Waals surface area contributed by atoms with Crippen LogP contribution in [-0.2, 0) is 10.2 Å². The standard InChI is InChI=1S/C23H29ClN2O2S/c1-15-13-16(2)21(19(24)14-15)26-22(29)25-20(27)7-6-12-28-18-10-8-17(9-11-18)23(3,4)5/h8-11,13-14H,6-7,12H2,1-5H3,(H2,25,26,27,29). The number of aryl methyl sites for hydroxylation is 2. The van der Waals surface area contributed by atoms with Gasteiger partial charge in [0.05, 0.1) is 17.3 Å². The van der Waals surface area contributed by atoms with Crippen LogP contribution >= 0.6 is 23.8 Å². The Kier molecular flexibility index (Phi) is 8.05. The van der Waals surface area contributed by atoms with Gasteiger partial charge >= 0.3 is 0 Å². The highest BCUT2D eigenvalue weighted by Gasteiger charge is 2.13. The molecule has 1 amide bonds. The number of nitrogens with one attached hydrogen (secondary N) is 2. The quantitative estimate of drug-likeness (QED) is 0.439. The van der Waals surface area contributed by atoms with Crippen LogP contribution in [0.1, 0.15) is 50.3 Å². The van der Waals surface area contributed by atoms with Crippen LogP contribution in [-0.4, -0.2) is 17.6 Å². The molecule has 0 fully saturated rings. The molecule has 0 saturated heterocycles. The molecule has 0 atom stereocenters. The van der Waals surface area contributed by atoms with Crippen molar-refractivity contribution in [2.45, 2.75) is 52.9 Å². The minimum Gasteiger partial charge on any atom is -0.494 e. The molecule has 0 heterocycles. The summed E-state index contributed by atoms with van der Waals surface area (Å²) in [6, 6.07) is 11.9. The van der Waals surface area contributed by atoms with Gasteiger partial charge in [-0.3, -0.25) is 4.79 Å². The molecule has 0 aliphatic carbocycles. The van der Waals surface area contributed by atoms with Crippen molar-refractivity contribution in [2.24, 2.45) is 0 Å². The van der Waals surface area contributed by atoms with Gasteiger partial charge < -0.3 is 15.4 Å². The third kappa shape index (κ3) is 7.33. The van der Waals surface area contributed by atoms with Crippen LogP contribution in [0.5, 0.6) is 5.75 Å². The van der Waals surface area contributed by atoms with Gasteiger partial charge in [-0.05, 0) is 72.8 Å². The molecule has 4 nitrogen and oxygen atoms in total. The van der Waals surface area contributed by atoms with Crippen molar-refractivity contribution in [2.75, 3.05) is 11.9 Å². The summed E-state index contributed by atoms with van der Waals surface area (Å²) in [4.78, 5) is 12.1. The van der Waals surface area contributed by atoms with Gasteiger partial charge in [-0.15, -0.1) is 0 Å². The number of amides is 1. The Labute approximate surface area is 184 Å². The summed E-state index contributed by atoms with van der Waals surface area (Å²) in [7, 11) is 0. The lowest BCUT2D eigenvalue weighted by Gasteiger charge is -2.19. The first-order valence-electron chi connectivity index (χ1n) is 9.67. The van der Waals surface area contributed by atoms with Crippen molar-refractivity contribution < 1.29 is 9.53 Å². The van der Waals surface area contributed by atoms with E-state index in [4.69, 9.17) is 28.6 Å². The lowest BCUT2D eigenvalue weighted by molar-refractivity contribution is -0.119. The van der Waals surface area contributed by atoms with E-state index in [-0.39, 0.29) is 16.4 Å². The van der Waals surface area contributed by atoms with E-state index in [1.165, 1.54) is 5.56 Å². The molecule has 29 heavy (non-hydrogen) atoms. The molecule has 2 N–H and O–H groups in total. The fraction of sp³-hybridized carbons (Fsp3) is 0.391.